The molecular formula is C16H22N2O2. The lowest BCUT2D eigenvalue weighted by Gasteiger charge is -2.34. The summed E-state index contributed by atoms with van der Waals surface area (Å²) < 4.78 is 4.78. The molecule has 2 atom stereocenters. The Morgan fingerprint density at radius 3 is 3.20 bits per heavy atom. The van der Waals surface area contributed by atoms with Gasteiger partial charge in [0, 0.05) is 19.1 Å². The normalized spacial score (nSPS) is 26.2. The molecule has 0 radical (unpaired) electrons. The molecule has 2 fully saturated rings. The molecule has 0 amide bonds. The van der Waals surface area contributed by atoms with Gasteiger partial charge in [-0.2, -0.15) is 0 Å². The van der Waals surface area contributed by atoms with Crippen molar-refractivity contribution in [3.05, 3.63) is 35.4 Å². The number of benzene rings is 1. The predicted octanol–water partition coefficient (Wildman–Crippen LogP) is 1.66. The lowest BCUT2D eigenvalue weighted by atomic mass is 9.93. The maximum absolute atomic E-state index is 11.6. The number of piperidine rings is 1. The van der Waals surface area contributed by atoms with Crippen LogP contribution in [0.4, 0.5) is 0 Å². The molecule has 2 saturated heterocycles. The van der Waals surface area contributed by atoms with E-state index in [4.69, 9.17) is 4.74 Å². The number of methoxy groups -OCH3 is 1. The fourth-order valence-corrected chi connectivity index (χ4v) is 3.44. The van der Waals surface area contributed by atoms with Crippen LogP contribution in [0.3, 0.4) is 0 Å². The Labute approximate surface area is 120 Å². The Morgan fingerprint density at radius 1 is 1.45 bits per heavy atom. The molecule has 1 N–H and O–H groups in total. The molecule has 4 nitrogen and oxygen atoms in total. The zero-order valence-corrected chi connectivity index (χ0v) is 12.0. The van der Waals surface area contributed by atoms with Gasteiger partial charge >= 0.3 is 5.97 Å². The average molecular weight is 274 g/mol. The molecule has 0 saturated carbocycles. The molecule has 1 aromatic carbocycles. The predicted molar refractivity (Wildman–Crippen MR) is 77.6 cm³/mol. The third-order valence-corrected chi connectivity index (χ3v) is 4.49. The standard InChI is InChI=1S/C16H22N2O2/c1-20-16(19)13-4-2-3-12(9-13)10-18-8-6-15-14(11-18)5-7-17-15/h2-4,9,14-15,17H,5-8,10-11H2,1H3. The van der Waals surface area contributed by atoms with Crippen LogP contribution in [0, 0.1) is 5.92 Å². The highest BCUT2D eigenvalue weighted by atomic mass is 16.5. The fraction of sp³-hybridized carbons (Fsp3) is 0.562. The lowest BCUT2D eigenvalue weighted by Crippen LogP contribution is -2.43. The van der Waals surface area contributed by atoms with Gasteiger partial charge in [-0.05, 0) is 49.5 Å². The SMILES string of the molecule is COC(=O)c1cccc(CN2CCC3NCCC3C2)c1. The Balaban J connectivity index is 1.64. The van der Waals surface area contributed by atoms with Crippen LogP contribution in [0.2, 0.25) is 0 Å². The first-order valence-electron chi connectivity index (χ1n) is 7.39. The topological polar surface area (TPSA) is 41.6 Å². The summed E-state index contributed by atoms with van der Waals surface area (Å²) in [6, 6.07) is 8.51. The molecule has 0 aromatic heterocycles. The maximum Gasteiger partial charge on any atom is 0.337 e. The molecule has 3 rings (SSSR count). The van der Waals surface area contributed by atoms with Gasteiger partial charge in [0.25, 0.3) is 0 Å². The molecule has 2 aliphatic heterocycles. The van der Waals surface area contributed by atoms with E-state index in [-0.39, 0.29) is 5.97 Å². The molecule has 2 heterocycles. The van der Waals surface area contributed by atoms with E-state index in [9.17, 15) is 4.79 Å². The van der Waals surface area contributed by atoms with Crippen molar-refractivity contribution < 1.29 is 9.53 Å². The van der Waals surface area contributed by atoms with Crippen LogP contribution >= 0.6 is 0 Å². The van der Waals surface area contributed by atoms with Crippen molar-refractivity contribution in [2.75, 3.05) is 26.7 Å². The van der Waals surface area contributed by atoms with E-state index >= 15 is 0 Å². The Kier molecular flexibility index (Phi) is 4.03. The van der Waals surface area contributed by atoms with E-state index in [0.29, 0.717) is 5.56 Å². The van der Waals surface area contributed by atoms with Gasteiger partial charge in [0.05, 0.1) is 12.7 Å². The first kappa shape index (κ1) is 13.6. The van der Waals surface area contributed by atoms with Gasteiger partial charge in [0.2, 0.25) is 0 Å². The first-order chi connectivity index (χ1) is 9.76. The van der Waals surface area contributed by atoms with Crippen molar-refractivity contribution in [2.45, 2.75) is 25.4 Å². The zero-order chi connectivity index (χ0) is 13.9. The number of likely N-dealkylation sites (tertiary alicyclic amines) is 1. The first-order valence-corrected chi connectivity index (χ1v) is 7.39. The summed E-state index contributed by atoms with van der Waals surface area (Å²) in [5.41, 5.74) is 1.83. The quantitative estimate of drug-likeness (QED) is 0.851. The number of fused-ring (bicyclic) bond motifs is 1. The van der Waals surface area contributed by atoms with Crippen molar-refractivity contribution in [2.24, 2.45) is 5.92 Å². The molecule has 1 aromatic rings. The summed E-state index contributed by atoms with van der Waals surface area (Å²) in [5.74, 6) is 0.540. The smallest absolute Gasteiger partial charge is 0.337 e. The van der Waals surface area contributed by atoms with Crippen LogP contribution in [0.25, 0.3) is 0 Å². The molecule has 0 bridgehead atoms. The minimum absolute atomic E-state index is 0.259. The summed E-state index contributed by atoms with van der Waals surface area (Å²) in [6.45, 7) is 4.39. The molecule has 2 unspecified atom stereocenters. The van der Waals surface area contributed by atoms with Gasteiger partial charge in [0.1, 0.15) is 0 Å². The summed E-state index contributed by atoms with van der Waals surface area (Å²) in [7, 11) is 1.42. The van der Waals surface area contributed by atoms with Gasteiger partial charge < -0.3 is 10.1 Å². The highest BCUT2D eigenvalue weighted by Gasteiger charge is 2.32. The lowest BCUT2D eigenvalue weighted by molar-refractivity contribution is 0.0600. The van der Waals surface area contributed by atoms with Crippen molar-refractivity contribution in [3.8, 4) is 0 Å². The molecular weight excluding hydrogens is 252 g/mol. The molecule has 4 heteroatoms. The second-order valence-corrected chi connectivity index (χ2v) is 5.83. The second kappa shape index (κ2) is 5.94. The second-order valence-electron chi connectivity index (χ2n) is 5.83. The fourth-order valence-electron chi connectivity index (χ4n) is 3.44. The van der Waals surface area contributed by atoms with E-state index in [1.165, 1.54) is 38.6 Å². The van der Waals surface area contributed by atoms with Crippen LogP contribution in [-0.2, 0) is 11.3 Å². The van der Waals surface area contributed by atoms with Crippen LogP contribution in [0.5, 0.6) is 0 Å². The van der Waals surface area contributed by atoms with E-state index < -0.39 is 0 Å². The van der Waals surface area contributed by atoms with Crippen molar-refractivity contribution in [1.29, 1.82) is 0 Å². The van der Waals surface area contributed by atoms with Gasteiger partial charge in [-0.1, -0.05) is 12.1 Å². The number of carbonyl (C=O) groups is 1. The van der Waals surface area contributed by atoms with E-state index in [1.807, 2.05) is 18.2 Å². The summed E-state index contributed by atoms with van der Waals surface area (Å²) in [4.78, 5) is 14.1. The number of hydrogen-bond donors (Lipinski definition) is 1. The molecule has 108 valence electrons. The van der Waals surface area contributed by atoms with Crippen LogP contribution in [0.15, 0.2) is 24.3 Å². The van der Waals surface area contributed by atoms with E-state index in [2.05, 4.69) is 16.3 Å². The number of esters is 1. The van der Waals surface area contributed by atoms with Crippen LogP contribution in [-0.4, -0.2) is 43.7 Å². The Bertz CT molecular complexity index is 489. The minimum atomic E-state index is -0.259. The van der Waals surface area contributed by atoms with Crippen molar-refractivity contribution >= 4 is 5.97 Å². The van der Waals surface area contributed by atoms with Gasteiger partial charge in [-0.25, -0.2) is 4.79 Å². The summed E-state index contributed by atoms with van der Waals surface area (Å²) in [5, 5.41) is 3.59. The monoisotopic (exact) mass is 274 g/mol. The maximum atomic E-state index is 11.6. The third kappa shape index (κ3) is 2.86. The number of hydrogen-bond acceptors (Lipinski definition) is 4. The van der Waals surface area contributed by atoms with E-state index in [0.717, 1.165) is 25.0 Å². The van der Waals surface area contributed by atoms with Crippen LogP contribution in [0.1, 0.15) is 28.8 Å². The largest absolute Gasteiger partial charge is 0.465 e. The van der Waals surface area contributed by atoms with Gasteiger partial charge in [-0.15, -0.1) is 0 Å². The number of ether oxygens (including phenoxy) is 1. The Hall–Kier alpha value is -1.39. The van der Waals surface area contributed by atoms with Crippen molar-refractivity contribution in [1.82, 2.24) is 10.2 Å². The third-order valence-electron chi connectivity index (χ3n) is 4.49. The van der Waals surface area contributed by atoms with Gasteiger partial charge in [0.15, 0.2) is 0 Å². The molecule has 20 heavy (non-hydrogen) atoms. The molecule has 0 aliphatic carbocycles. The Morgan fingerprint density at radius 2 is 2.35 bits per heavy atom. The van der Waals surface area contributed by atoms with Crippen LogP contribution < -0.4 is 5.32 Å². The van der Waals surface area contributed by atoms with Gasteiger partial charge in [-0.3, -0.25) is 4.90 Å². The summed E-state index contributed by atoms with van der Waals surface area (Å²) in [6.07, 6.45) is 2.53. The molecule has 2 aliphatic rings. The minimum Gasteiger partial charge on any atom is -0.465 e. The summed E-state index contributed by atoms with van der Waals surface area (Å²) >= 11 is 0. The highest BCUT2D eigenvalue weighted by molar-refractivity contribution is 5.89. The number of nitrogens with zero attached hydrogens (tertiary/aromatic N) is 1. The average Bonchev–Trinajstić information content (AvgIpc) is 2.94. The van der Waals surface area contributed by atoms with E-state index in [1.54, 1.807) is 0 Å². The zero-order valence-electron chi connectivity index (χ0n) is 12.0. The van der Waals surface area contributed by atoms with Crippen molar-refractivity contribution in [3.63, 3.8) is 0 Å². The molecule has 0 spiro atoms. The highest BCUT2D eigenvalue weighted by Crippen LogP contribution is 2.25. The number of rotatable bonds is 3. The number of nitrogens with one attached hydrogen (secondary N) is 1. The number of carbonyl (C=O) groups excluding carboxylic acids is 1.